The number of hydrogen-bond acceptors (Lipinski definition) is 7. The molecule has 1 saturated carbocycles. The number of nitrogen functional groups attached to an aromatic ring is 1. The highest BCUT2D eigenvalue weighted by Crippen LogP contribution is 2.35. The van der Waals surface area contributed by atoms with Gasteiger partial charge in [0.25, 0.3) is 0 Å². The van der Waals surface area contributed by atoms with Crippen molar-refractivity contribution in [3.05, 3.63) is 47.3 Å². The van der Waals surface area contributed by atoms with Gasteiger partial charge in [0, 0.05) is 18.5 Å². The monoisotopic (exact) mass is 571 g/mol. The molecule has 7 nitrogen and oxygen atoms in total. The lowest BCUT2D eigenvalue weighted by Gasteiger charge is -2.31. The Hall–Kier alpha value is -1.77. The lowest BCUT2D eigenvalue weighted by Crippen LogP contribution is -2.33. The summed E-state index contributed by atoms with van der Waals surface area (Å²) < 4.78 is 12.1. The van der Waals surface area contributed by atoms with E-state index in [1.165, 1.54) is 25.7 Å². The quantitative estimate of drug-likeness (QED) is 0.330. The van der Waals surface area contributed by atoms with E-state index in [2.05, 4.69) is 52.2 Å². The minimum absolute atomic E-state index is 0. The number of halogens is 3. The van der Waals surface area contributed by atoms with Crippen LogP contribution in [0.25, 0.3) is 11.0 Å². The van der Waals surface area contributed by atoms with Crippen LogP contribution in [0.4, 0.5) is 5.82 Å². The van der Waals surface area contributed by atoms with Crippen LogP contribution in [0.15, 0.2) is 34.9 Å². The zero-order valence-corrected chi connectivity index (χ0v) is 24.2. The summed E-state index contributed by atoms with van der Waals surface area (Å²) in [6.07, 6.45) is 7.10. The number of piperidine rings is 1. The predicted octanol–water partition coefficient (Wildman–Crippen LogP) is 5.77. The number of rotatable bonds is 10. The van der Waals surface area contributed by atoms with Crippen LogP contribution >= 0.6 is 37.2 Å². The highest BCUT2D eigenvalue weighted by Gasteiger charge is 2.24. The third-order valence-electron chi connectivity index (χ3n) is 7.13. The van der Waals surface area contributed by atoms with Crippen LogP contribution in [0.5, 0.6) is 5.75 Å². The van der Waals surface area contributed by atoms with Gasteiger partial charge in [-0.05, 0) is 102 Å². The molecule has 5 rings (SSSR count). The lowest BCUT2D eigenvalue weighted by atomic mass is 9.91. The van der Waals surface area contributed by atoms with Gasteiger partial charge in [-0.3, -0.25) is 4.90 Å². The van der Waals surface area contributed by atoms with Crippen molar-refractivity contribution in [2.45, 2.75) is 51.6 Å². The predicted molar refractivity (Wildman–Crippen MR) is 156 cm³/mol. The van der Waals surface area contributed by atoms with E-state index in [1.54, 1.807) is 0 Å². The summed E-state index contributed by atoms with van der Waals surface area (Å²) in [7, 11) is 4.16. The minimum Gasteiger partial charge on any atom is -0.493 e. The maximum atomic E-state index is 6.16. The van der Waals surface area contributed by atoms with Gasteiger partial charge in [0.15, 0.2) is 5.58 Å². The van der Waals surface area contributed by atoms with Gasteiger partial charge in [0.1, 0.15) is 11.6 Å². The van der Waals surface area contributed by atoms with Gasteiger partial charge in [-0.1, -0.05) is 11.2 Å². The zero-order chi connectivity index (χ0) is 23.5. The van der Waals surface area contributed by atoms with E-state index in [0.29, 0.717) is 5.82 Å². The highest BCUT2D eigenvalue weighted by atomic mass is 35.5. The van der Waals surface area contributed by atoms with Crippen molar-refractivity contribution >= 4 is 54.0 Å². The highest BCUT2D eigenvalue weighted by molar-refractivity contribution is 5.86. The van der Waals surface area contributed by atoms with Crippen molar-refractivity contribution in [1.82, 2.24) is 19.9 Å². The Kier molecular flexibility index (Phi) is 12.2. The third kappa shape index (κ3) is 8.36. The molecule has 10 heteroatoms. The van der Waals surface area contributed by atoms with Gasteiger partial charge in [-0.2, -0.15) is 0 Å². The second-order valence-electron chi connectivity index (χ2n) is 10.4. The molecule has 0 bridgehead atoms. The topological polar surface area (TPSA) is 80.7 Å². The molecule has 0 unspecified atom stereocenters. The lowest BCUT2D eigenvalue weighted by molar-refractivity contribution is 0.170. The van der Waals surface area contributed by atoms with Gasteiger partial charge in [-0.15, -0.1) is 37.2 Å². The van der Waals surface area contributed by atoms with Gasteiger partial charge in [0.2, 0.25) is 0 Å². The van der Waals surface area contributed by atoms with Crippen LogP contribution in [0.3, 0.4) is 0 Å². The Morgan fingerprint density at radius 2 is 1.78 bits per heavy atom. The number of benzene rings is 1. The fourth-order valence-corrected chi connectivity index (χ4v) is 4.95. The Bertz CT molecular complexity index is 1110. The molecule has 2 N–H and O–H groups in total. The first-order valence-electron chi connectivity index (χ1n) is 12.7. The van der Waals surface area contributed by atoms with Gasteiger partial charge < -0.3 is 19.9 Å². The molecule has 0 radical (unpaired) electrons. The Labute approximate surface area is 238 Å². The molecule has 206 valence electrons. The number of hydrogen-bond donors (Lipinski definition) is 1. The summed E-state index contributed by atoms with van der Waals surface area (Å²) in [5.74, 6) is 2.99. The van der Waals surface area contributed by atoms with Crippen molar-refractivity contribution in [1.29, 1.82) is 0 Å². The minimum atomic E-state index is 0. The molecule has 0 spiro atoms. The van der Waals surface area contributed by atoms with E-state index in [9.17, 15) is 0 Å². The molecule has 3 aromatic rings. The number of ether oxygens (including phenoxy) is 1. The number of aryl methyl sites for hydroxylation is 1. The molecule has 0 amide bonds. The van der Waals surface area contributed by atoms with E-state index in [4.69, 9.17) is 15.0 Å². The number of aromatic nitrogens is 2. The maximum Gasteiger partial charge on any atom is 0.175 e. The normalized spacial score (nSPS) is 16.2. The van der Waals surface area contributed by atoms with Gasteiger partial charge >= 0.3 is 0 Å². The van der Waals surface area contributed by atoms with Crippen LogP contribution in [-0.4, -0.2) is 53.7 Å². The summed E-state index contributed by atoms with van der Waals surface area (Å²) in [6.45, 7) is 4.68. The summed E-state index contributed by atoms with van der Waals surface area (Å²) in [6, 6.07) is 10.1. The van der Waals surface area contributed by atoms with Gasteiger partial charge in [-0.25, -0.2) is 4.98 Å². The molecule has 2 aromatic heterocycles. The Morgan fingerprint density at radius 3 is 2.46 bits per heavy atom. The molecule has 1 saturated heterocycles. The van der Waals surface area contributed by atoms with E-state index < -0.39 is 0 Å². The molecule has 1 aliphatic carbocycles. The first-order valence-corrected chi connectivity index (χ1v) is 12.7. The smallest absolute Gasteiger partial charge is 0.175 e. The van der Waals surface area contributed by atoms with Crippen molar-refractivity contribution in [2.24, 2.45) is 11.8 Å². The molecule has 2 fully saturated rings. The average molecular weight is 573 g/mol. The number of nitrogens with two attached hydrogens (primary N) is 1. The number of nitrogens with zero attached hydrogens (tertiary/aromatic N) is 4. The molecule has 37 heavy (non-hydrogen) atoms. The van der Waals surface area contributed by atoms with Crippen LogP contribution in [0, 0.1) is 11.8 Å². The second kappa shape index (κ2) is 14.4. The van der Waals surface area contributed by atoms with Crippen LogP contribution in [0.2, 0.25) is 0 Å². The second-order valence-corrected chi connectivity index (χ2v) is 10.4. The van der Waals surface area contributed by atoms with Crippen molar-refractivity contribution < 1.29 is 9.26 Å². The zero-order valence-electron chi connectivity index (χ0n) is 21.7. The fourth-order valence-electron chi connectivity index (χ4n) is 4.95. The van der Waals surface area contributed by atoms with E-state index in [-0.39, 0.29) is 37.2 Å². The summed E-state index contributed by atoms with van der Waals surface area (Å²) >= 11 is 0. The standard InChI is InChI=1S/C27H37N5O2.3ClH/c1-31(2)17-23-25(33-18-20-6-7-20)11-9-22-24(30-34-27(22)23)10-8-19-12-14-32(15-13-19)16-21-4-3-5-26(28)29-21;;;/h3-5,9,11,19-20H,6-8,10,12-18H2,1-2H3,(H2,28,29);3*1H. The number of pyridine rings is 1. The first-order chi connectivity index (χ1) is 16.5. The SMILES string of the molecule is CN(C)Cc1c(OCC2CC2)ccc2c(CCC3CCN(Cc4cccc(N)n4)CC3)noc12.Cl.Cl.Cl. The Balaban J connectivity index is 0.00000160. The van der Waals surface area contributed by atoms with E-state index in [0.717, 1.165) is 91.1 Å². The molecule has 1 aliphatic heterocycles. The molecule has 3 heterocycles. The molecular weight excluding hydrogens is 533 g/mol. The molecular formula is C27H40Cl3N5O2. The van der Waals surface area contributed by atoms with Crippen LogP contribution in [0.1, 0.15) is 49.1 Å². The van der Waals surface area contributed by atoms with Crippen molar-refractivity contribution in [3.8, 4) is 5.75 Å². The number of anilines is 1. The fraction of sp³-hybridized carbons (Fsp3) is 0.556. The largest absolute Gasteiger partial charge is 0.493 e. The molecule has 0 atom stereocenters. The average Bonchev–Trinajstić information content (AvgIpc) is 3.56. The van der Waals surface area contributed by atoms with Crippen LogP contribution < -0.4 is 10.5 Å². The van der Waals surface area contributed by atoms with E-state index >= 15 is 0 Å². The van der Waals surface area contributed by atoms with Crippen molar-refractivity contribution in [3.63, 3.8) is 0 Å². The van der Waals surface area contributed by atoms with Crippen LogP contribution in [-0.2, 0) is 19.5 Å². The van der Waals surface area contributed by atoms with Gasteiger partial charge in [0.05, 0.1) is 23.6 Å². The number of likely N-dealkylation sites (tertiary alicyclic amines) is 1. The summed E-state index contributed by atoms with van der Waals surface area (Å²) in [5, 5.41) is 5.64. The first kappa shape index (κ1) is 31.4. The summed E-state index contributed by atoms with van der Waals surface area (Å²) in [5.41, 5.74) is 9.97. The van der Waals surface area contributed by atoms with Crippen molar-refractivity contribution in [2.75, 3.05) is 39.5 Å². The number of fused-ring (bicyclic) bond motifs is 1. The maximum absolute atomic E-state index is 6.16. The third-order valence-corrected chi connectivity index (χ3v) is 7.13. The van der Waals surface area contributed by atoms with E-state index in [1.807, 2.05) is 12.1 Å². The summed E-state index contributed by atoms with van der Waals surface area (Å²) in [4.78, 5) is 9.09. The molecule has 1 aromatic carbocycles. The molecule has 2 aliphatic rings. The Morgan fingerprint density at radius 1 is 1.03 bits per heavy atom.